The van der Waals surface area contributed by atoms with Gasteiger partial charge in [-0.15, -0.1) is 11.3 Å². The van der Waals surface area contributed by atoms with Crippen molar-refractivity contribution in [3.63, 3.8) is 0 Å². The van der Waals surface area contributed by atoms with E-state index in [1.54, 1.807) is 11.3 Å². The number of hydrogen-bond donors (Lipinski definition) is 1. The van der Waals surface area contributed by atoms with Crippen LogP contribution in [0.15, 0.2) is 42.0 Å². The van der Waals surface area contributed by atoms with Crippen LogP contribution in [0.2, 0.25) is 0 Å². The molecule has 0 atom stereocenters. The minimum absolute atomic E-state index is 0.0373. The Balaban J connectivity index is 1.38. The van der Waals surface area contributed by atoms with Crippen molar-refractivity contribution < 1.29 is 4.79 Å². The van der Waals surface area contributed by atoms with Crippen LogP contribution >= 0.6 is 11.3 Å². The van der Waals surface area contributed by atoms with Crippen molar-refractivity contribution >= 4 is 33.6 Å². The lowest BCUT2D eigenvalue weighted by molar-refractivity contribution is -0.115. The first-order valence-electron chi connectivity index (χ1n) is 7.84. The molecule has 1 aliphatic rings. The van der Waals surface area contributed by atoms with Crippen LogP contribution in [0.1, 0.15) is 18.5 Å². The SMILES string of the molecule is O=C(Cc1cn2ccsc2n1)Nc1ccc(N2CCCC2)cc1. The largest absolute Gasteiger partial charge is 0.372 e. The molecule has 1 aromatic carbocycles. The summed E-state index contributed by atoms with van der Waals surface area (Å²) in [4.78, 5) is 19.9. The first-order chi connectivity index (χ1) is 11.3. The molecule has 0 spiro atoms. The number of anilines is 2. The second kappa shape index (κ2) is 6.04. The van der Waals surface area contributed by atoms with Crippen molar-refractivity contribution in [2.45, 2.75) is 19.3 Å². The van der Waals surface area contributed by atoms with E-state index in [1.807, 2.05) is 34.3 Å². The highest BCUT2D eigenvalue weighted by molar-refractivity contribution is 7.15. The van der Waals surface area contributed by atoms with Gasteiger partial charge < -0.3 is 10.2 Å². The molecule has 0 saturated carbocycles. The van der Waals surface area contributed by atoms with Gasteiger partial charge in [0.25, 0.3) is 0 Å². The van der Waals surface area contributed by atoms with Gasteiger partial charge in [0, 0.05) is 42.2 Å². The first-order valence-corrected chi connectivity index (χ1v) is 8.72. The molecule has 1 aliphatic heterocycles. The number of nitrogens with zero attached hydrogens (tertiary/aromatic N) is 3. The number of thiazole rings is 1. The van der Waals surface area contributed by atoms with Crippen LogP contribution in [0.3, 0.4) is 0 Å². The Labute approximate surface area is 138 Å². The third-order valence-corrected chi connectivity index (χ3v) is 4.88. The Bertz CT molecular complexity index is 786. The third kappa shape index (κ3) is 3.07. The average Bonchev–Trinajstić information content (AvgIpc) is 3.24. The molecule has 2 aromatic heterocycles. The molecule has 23 heavy (non-hydrogen) atoms. The zero-order valence-corrected chi connectivity index (χ0v) is 13.6. The van der Waals surface area contributed by atoms with Gasteiger partial charge in [0.1, 0.15) is 0 Å². The second-order valence-electron chi connectivity index (χ2n) is 5.79. The lowest BCUT2D eigenvalue weighted by atomic mass is 10.2. The van der Waals surface area contributed by atoms with Crippen LogP contribution in [0.5, 0.6) is 0 Å². The number of imidazole rings is 1. The van der Waals surface area contributed by atoms with Crippen molar-refractivity contribution in [2.24, 2.45) is 0 Å². The monoisotopic (exact) mass is 326 g/mol. The van der Waals surface area contributed by atoms with E-state index < -0.39 is 0 Å². The van der Waals surface area contributed by atoms with Gasteiger partial charge in [-0.05, 0) is 37.1 Å². The van der Waals surface area contributed by atoms with Gasteiger partial charge in [0.15, 0.2) is 4.96 Å². The predicted molar refractivity (Wildman–Crippen MR) is 93.3 cm³/mol. The number of nitrogens with one attached hydrogen (secondary N) is 1. The summed E-state index contributed by atoms with van der Waals surface area (Å²) in [6, 6.07) is 8.09. The van der Waals surface area contributed by atoms with Crippen LogP contribution in [0.25, 0.3) is 4.96 Å². The van der Waals surface area contributed by atoms with E-state index in [4.69, 9.17) is 0 Å². The highest BCUT2D eigenvalue weighted by atomic mass is 32.1. The standard InChI is InChI=1S/C17H18N4OS/c22-16(11-14-12-21-9-10-23-17(21)19-14)18-13-3-5-15(6-4-13)20-7-1-2-8-20/h3-6,9-10,12H,1-2,7-8,11H2,(H,18,22). The van der Waals surface area contributed by atoms with Crippen molar-refractivity contribution in [1.82, 2.24) is 9.38 Å². The molecule has 0 aliphatic carbocycles. The summed E-state index contributed by atoms with van der Waals surface area (Å²) in [6.45, 7) is 2.26. The van der Waals surface area contributed by atoms with Crippen LogP contribution in [-0.2, 0) is 11.2 Å². The van der Waals surface area contributed by atoms with Gasteiger partial charge in [0.05, 0.1) is 12.1 Å². The maximum absolute atomic E-state index is 12.2. The molecular formula is C17H18N4OS. The minimum atomic E-state index is -0.0373. The quantitative estimate of drug-likeness (QED) is 0.801. The van der Waals surface area contributed by atoms with Gasteiger partial charge in [0.2, 0.25) is 5.91 Å². The molecule has 5 nitrogen and oxygen atoms in total. The number of amides is 1. The Hall–Kier alpha value is -2.34. The minimum Gasteiger partial charge on any atom is -0.372 e. The summed E-state index contributed by atoms with van der Waals surface area (Å²) in [6.07, 6.45) is 6.68. The fraction of sp³-hybridized carbons (Fsp3) is 0.294. The Kier molecular flexibility index (Phi) is 3.75. The molecule has 1 fully saturated rings. The lowest BCUT2D eigenvalue weighted by Gasteiger charge is -2.17. The molecule has 3 aromatic rings. The molecular weight excluding hydrogens is 308 g/mol. The second-order valence-corrected chi connectivity index (χ2v) is 6.66. The number of hydrogen-bond acceptors (Lipinski definition) is 4. The Morgan fingerprint density at radius 1 is 1.22 bits per heavy atom. The molecule has 6 heteroatoms. The number of carbonyl (C=O) groups excluding carboxylic acids is 1. The molecule has 1 N–H and O–H groups in total. The first kappa shape index (κ1) is 14.3. The lowest BCUT2D eigenvalue weighted by Crippen LogP contribution is -2.18. The summed E-state index contributed by atoms with van der Waals surface area (Å²) >= 11 is 1.57. The predicted octanol–water partition coefficient (Wildman–Crippen LogP) is 3.18. The van der Waals surface area contributed by atoms with Crippen molar-refractivity contribution in [2.75, 3.05) is 23.3 Å². The molecule has 3 heterocycles. The number of benzene rings is 1. The number of aromatic nitrogens is 2. The highest BCUT2D eigenvalue weighted by Gasteiger charge is 2.12. The van der Waals surface area contributed by atoms with Gasteiger partial charge >= 0.3 is 0 Å². The Morgan fingerprint density at radius 3 is 2.74 bits per heavy atom. The molecule has 118 valence electrons. The van der Waals surface area contributed by atoms with E-state index in [9.17, 15) is 4.79 Å². The zero-order chi connectivity index (χ0) is 15.6. The summed E-state index contributed by atoms with van der Waals surface area (Å²) < 4.78 is 1.94. The van der Waals surface area contributed by atoms with Crippen molar-refractivity contribution in [3.8, 4) is 0 Å². The van der Waals surface area contributed by atoms with Crippen molar-refractivity contribution in [1.29, 1.82) is 0 Å². The van der Waals surface area contributed by atoms with Crippen LogP contribution in [0.4, 0.5) is 11.4 Å². The maximum atomic E-state index is 12.2. The van der Waals surface area contributed by atoms with Crippen LogP contribution < -0.4 is 10.2 Å². The smallest absolute Gasteiger partial charge is 0.230 e. The summed E-state index contributed by atoms with van der Waals surface area (Å²) in [5, 5.41) is 4.92. The fourth-order valence-corrected chi connectivity index (χ4v) is 3.68. The molecule has 0 unspecified atom stereocenters. The van der Waals surface area contributed by atoms with Gasteiger partial charge in [-0.3, -0.25) is 9.20 Å². The van der Waals surface area contributed by atoms with Gasteiger partial charge in [-0.1, -0.05) is 0 Å². The highest BCUT2D eigenvalue weighted by Crippen LogP contribution is 2.22. The molecule has 0 radical (unpaired) electrons. The molecule has 1 saturated heterocycles. The normalized spacial score (nSPS) is 14.5. The molecule has 1 amide bonds. The van der Waals surface area contributed by atoms with Crippen molar-refractivity contribution in [3.05, 3.63) is 47.7 Å². The molecule has 4 rings (SSSR count). The van der Waals surface area contributed by atoms with E-state index in [1.165, 1.54) is 18.5 Å². The van der Waals surface area contributed by atoms with Crippen LogP contribution in [0, 0.1) is 0 Å². The number of fused-ring (bicyclic) bond motifs is 1. The number of carbonyl (C=O) groups is 1. The Morgan fingerprint density at radius 2 is 2.00 bits per heavy atom. The topological polar surface area (TPSA) is 49.6 Å². The van der Waals surface area contributed by atoms with E-state index in [-0.39, 0.29) is 5.91 Å². The summed E-state index contributed by atoms with van der Waals surface area (Å²) in [5.74, 6) is -0.0373. The zero-order valence-electron chi connectivity index (χ0n) is 12.7. The average molecular weight is 326 g/mol. The van der Waals surface area contributed by atoms with E-state index >= 15 is 0 Å². The summed E-state index contributed by atoms with van der Waals surface area (Å²) in [7, 11) is 0. The maximum Gasteiger partial charge on any atom is 0.230 e. The molecule has 0 bridgehead atoms. The number of rotatable bonds is 4. The third-order valence-electron chi connectivity index (χ3n) is 4.11. The summed E-state index contributed by atoms with van der Waals surface area (Å²) in [5.41, 5.74) is 2.86. The van der Waals surface area contributed by atoms with Crippen LogP contribution in [-0.4, -0.2) is 28.4 Å². The van der Waals surface area contributed by atoms with E-state index in [0.717, 1.165) is 29.4 Å². The van der Waals surface area contributed by atoms with E-state index in [0.29, 0.717) is 6.42 Å². The van der Waals surface area contributed by atoms with Gasteiger partial charge in [-0.2, -0.15) is 0 Å². The van der Waals surface area contributed by atoms with Gasteiger partial charge in [-0.25, -0.2) is 4.98 Å². The van der Waals surface area contributed by atoms with E-state index in [2.05, 4.69) is 27.3 Å². The fourth-order valence-electron chi connectivity index (χ4n) is 2.96.